The van der Waals surface area contributed by atoms with Gasteiger partial charge in [-0.3, -0.25) is 4.79 Å². The molecular formula is C19H19ClN2O2. The second-order valence-electron chi connectivity index (χ2n) is 5.62. The van der Waals surface area contributed by atoms with Gasteiger partial charge in [-0.05, 0) is 42.3 Å². The van der Waals surface area contributed by atoms with Gasteiger partial charge in [0.05, 0.1) is 0 Å². The second-order valence-corrected chi connectivity index (χ2v) is 6.06. The van der Waals surface area contributed by atoms with Crippen LogP contribution in [0.2, 0.25) is 5.02 Å². The van der Waals surface area contributed by atoms with Crippen molar-refractivity contribution in [2.45, 2.75) is 6.42 Å². The Morgan fingerprint density at radius 3 is 2.71 bits per heavy atom. The Kier molecular flexibility index (Phi) is 5.06. The van der Waals surface area contributed by atoms with Crippen molar-refractivity contribution in [2.24, 2.45) is 7.05 Å². The lowest BCUT2D eigenvalue weighted by Gasteiger charge is -2.07. The number of para-hydroxylation sites is 1. The number of rotatable bonds is 6. The molecule has 1 amide bonds. The van der Waals surface area contributed by atoms with Crippen molar-refractivity contribution in [3.8, 4) is 5.75 Å². The number of halogens is 1. The number of nitrogens with zero attached hydrogens (tertiary/aromatic N) is 1. The number of aromatic nitrogens is 1. The molecule has 1 heterocycles. The molecule has 4 nitrogen and oxygen atoms in total. The normalized spacial score (nSPS) is 10.8. The number of benzene rings is 2. The lowest BCUT2D eigenvalue weighted by atomic mass is 10.1. The quantitative estimate of drug-likeness (QED) is 0.744. The number of carbonyl (C=O) groups excluding carboxylic acids is 1. The lowest BCUT2D eigenvalue weighted by molar-refractivity contribution is -0.123. The first-order chi connectivity index (χ1) is 11.6. The van der Waals surface area contributed by atoms with Crippen LogP contribution in [0.3, 0.4) is 0 Å². The van der Waals surface area contributed by atoms with E-state index in [2.05, 4.69) is 28.2 Å². The van der Waals surface area contributed by atoms with E-state index in [0.29, 0.717) is 17.3 Å². The molecule has 5 heteroatoms. The molecule has 3 rings (SSSR count). The van der Waals surface area contributed by atoms with Crippen LogP contribution in [0.25, 0.3) is 10.9 Å². The molecule has 3 aromatic rings. The molecule has 0 bridgehead atoms. The zero-order valence-corrected chi connectivity index (χ0v) is 14.2. The summed E-state index contributed by atoms with van der Waals surface area (Å²) in [7, 11) is 2.03. The van der Waals surface area contributed by atoms with Crippen molar-refractivity contribution in [3.05, 3.63) is 65.3 Å². The van der Waals surface area contributed by atoms with Crippen LogP contribution in [0.1, 0.15) is 5.56 Å². The Bertz CT molecular complexity index is 840. The molecule has 24 heavy (non-hydrogen) atoms. The molecule has 0 aliphatic rings. The summed E-state index contributed by atoms with van der Waals surface area (Å²) in [5.41, 5.74) is 2.43. The average molecular weight is 343 g/mol. The van der Waals surface area contributed by atoms with Gasteiger partial charge in [0, 0.05) is 35.7 Å². The van der Waals surface area contributed by atoms with Crippen LogP contribution in [0.4, 0.5) is 0 Å². The molecule has 2 aromatic carbocycles. The maximum Gasteiger partial charge on any atom is 0.257 e. The minimum absolute atomic E-state index is 0.00281. The maximum atomic E-state index is 11.9. The van der Waals surface area contributed by atoms with Crippen molar-refractivity contribution < 1.29 is 9.53 Å². The third-order valence-electron chi connectivity index (χ3n) is 3.88. The smallest absolute Gasteiger partial charge is 0.257 e. The van der Waals surface area contributed by atoms with Gasteiger partial charge in [0.25, 0.3) is 5.91 Å². The van der Waals surface area contributed by atoms with Crippen LogP contribution in [0.5, 0.6) is 5.75 Å². The topological polar surface area (TPSA) is 43.3 Å². The summed E-state index contributed by atoms with van der Waals surface area (Å²) in [6.07, 6.45) is 2.90. The van der Waals surface area contributed by atoms with Gasteiger partial charge in [0.2, 0.25) is 0 Å². The summed E-state index contributed by atoms with van der Waals surface area (Å²) in [5, 5.41) is 4.76. The second kappa shape index (κ2) is 7.41. The molecule has 0 saturated heterocycles. The van der Waals surface area contributed by atoms with Crippen molar-refractivity contribution in [1.29, 1.82) is 0 Å². The predicted molar refractivity (Wildman–Crippen MR) is 96.6 cm³/mol. The summed E-state index contributed by atoms with van der Waals surface area (Å²) in [4.78, 5) is 11.9. The van der Waals surface area contributed by atoms with Gasteiger partial charge in [-0.25, -0.2) is 0 Å². The highest BCUT2D eigenvalue weighted by atomic mass is 35.5. The van der Waals surface area contributed by atoms with Gasteiger partial charge in [-0.15, -0.1) is 0 Å². The SMILES string of the molecule is Cn1cc(CCNC(=O)COc2ccc(Cl)cc2)c2ccccc21. The van der Waals surface area contributed by atoms with E-state index in [-0.39, 0.29) is 12.5 Å². The van der Waals surface area contributed by atoms with E-state index >= 15 is 0 Å². The lowest BCUT2D eigenvalue weighted by Crippen LogP contribution is -2.30. The molecule has 0 spiro atoms. The summed E-state index contributed by atoms with van der Waals surface area (Å²) in [5.74, 6) is 0.494. The first-order valence-electron chi connectivity index (χ1n) is 7.81. The third-order valence-corrected chi connectivity index (χ3v) is 4.13. The number of ether oxygens (including phenoxy) is 1. The van der Waals surface area contributed by atoms with Gasteiger partial charge < -0.3 is 14.6 Å². The van der Waals surface area contributed by atoms with Gasteiger partial charge in [0.15, 0.2) is 6.61 Å². The fraction of sp³-hybridized carbons (Fsp3) is 0.211. The molecule has 1 aromatic heterocycles. The number of fused-ring (bicyclic) bond motifs is 1. The van der Waals surface area contributed by atoms with E-state index in [1.807, 2.05) is 19.2 Å². The molecule has 0 radical (unpaired) electrons. The Morgan fingerprint density at radius 1 is 1.17 bits per heavy atom. The average Bonchev–Trinajstić information content (AvgIpc) is 2.91. The summed E-state index contributed by atoms with van der Waals surface area (Å²) in [6.45, 7) is 0.577. The van der Waals surface area contributed by atoms with E-state index in [4.69, 9.17) is 16.3 Å². The Hall–Kier alpha value is -2.46. The minimum atomic E-state index is -0.134. The van der Waals surface area contributed by atoms with Crippen LogP contribution >= 0.6 is 11.6 Å². The van der Waals surface area contributed by atoms with Crippen LogP contribution in [0.15, 0.2) is 54.7 Å². The molecule has 124 valence electrons. The maximum absolute atomic E-state index is 11.9. The standard InChI is InChI=1S/C19H19ClN2O2/c1-22-12-14(17-4-2-3-5-18(17)22)10-11-21-19(23)13-24-16-8-6-15(20)7-9-16/h2-9,12H,10-11,13H2,1H3,(H,21,23). The molecule has 0 aliphatic heterocycles. The van der Waals surface area contributed by atoms with Crippen LogP contribution in [-0.4, -0.2) is 23.6 Å². The number of hydrogen-bond acceptors (Lipinski definition) is 2. The Labute approximate surface area is 146 Å². The van der Waals surface area contributed by atoms with Crippen molar-refractivity contribution in [2.75, 3.05) is 13.2 Å². The van der Waals surface area contributed by atoms with Gasteiger partial charge >= 0.3 is 0 Å². The summed E-state index contributed by atoms with van der Waals surface area (Å²) >= 11 is 5.81. The first-order valence-corrected chi connectivity index (χ1v) is 8.19. The monoisotopic (exact) mass is 342 g/mol. The van der Waals surface area contributed by atoms with E-state index in [9.17, 15) is 4.79 Å². The number of hydrogen-bond donors (Lipinski definition) is 1. The summed E-state index contributed by atoms with van der Waals surface area (Å²) < 4.78 is 7.53. The van der Waals surface area contributed by atoms with Crippen molar-refractivity contribution >= 4 is 28.4 Å². The molecule has 0 atom stereocenters. The van der Waals surface area contributed by atoms with Crippen LogP contribution in [-0.2, 0) is 18.3 Å². The van der Waals surface area contributed by atoms with E-state index < -0.39 is 0 Å². The van der Waals surface area contributed by atoms with Crippen molar-refractivity contribution in [3.63, 3.8) is 0 Å². The predicted octanol–water partition coefficient (Wildman–Crippen LogP) is 3.57. The molecule has 0 fully saturated rings. The highest BCUT2D eigenvalue weighted by Crippen LogP contribution is 2.20. The third kappa shape index (κ3) is 3.89. The fourth-order valence-corrected chi connectivity index (χ4v) is 2.82. The van der Waals surface area contributed by atoms with E-state index in [1.165, 1.54) is 16.5 Å². The largest absolute Gasteiger partial charge is 0.484 e. The van der Waals surface area contributed by atoms with Gasteiger partial charge in [-0.1, -0.05) is 29.8 Å². The zero-order chi connectivity index (χ0) is 16.9. The molecule has 1 N–H and O–H groups in total. The van der Waals surface area contributed by atoms with E-state index in [0.717, 1.165) is 6.42 Å². The molecular weight excluding hydrogens is 324 g/mol. The highest BCUT2D eigenvalue weighted by Gasteiger charge is 2.07. The Balaban J connectivity index is 1.48. The van der Waals surface area contributed by atoms with Crippen LogP contribution in [0, 0.1) is 0 Å². The highest BCUT2D eigenvalue weighted by molar-refractivity contribution is 6.30. The van der Waals surface area contributed by atoms with E-state index in [1.54, 1.807) is 24.3 Å². The number of nitrogens with one attached hydrogen (secondary N) is 1. The first kappa shape index (κ1) is 16.4. The molecule has 0 saturated carbocycles. The number of aryl methyl sites for hydroxylation is 1. The number of amides is 1. The van der Waals surface area contributed by atoms with Gasteiger partial charge in [-0.2, -0.15) is 0 Å². The van der Waals surface area contributed by atoms with Gasteiger partial charge in [0.1, 0.15) is 5.75 Å². The number of carbonyl (C=O) groups is 1. The van der Waals surface area contributed by atoms with Crippen LogP contribution < -0.4 is 10.1 Å². The Morgan fingerprint density at radius 2 is 1.92 bits per heavy atom. The van der Waals surface area contributed by atoms with Crippen molar-refractivity contribution in [1.82, 2.24) is 9.88 Å². The molecule has 0 unspecified atom stereocenters. The summed E-state index contributed by atoms with van der Waals surface area (Å²) in [6, 6.07) is 15.2. The fourth-order valence-electron chi connectivity index (χ4n) is 2.69. The molecule has 0 aliphatic carbocycles. The minimum Gasteiger partial charge on any atom is -0.484 e. The zero-order valence-electron chi connectivity index (χ0n) is 13.5.